The second-order valence-electron chi connectivity index (χ2n) is 5.50. The maximum atomic E-state index is 10.3. The Labute approximate surface area is 115 Å². The summed E-state index contributed by atoms with van der Waals surface area (Å²) in [6, 6.07) is 10.4. The molecule has 4 atom stereocenters. The summed E-state index contributed by atoms with van der Waals surface area (Å²) in [6.45, 7) is 0. The van der Waals surface area contributed by atoms with Gasteiger partial charge in [-0.1, -0.05) is 24.3 Å². The Morgan fingerprint density at radius 2 is 1.05 bits per heavy atom. The van der Waals surface area contributed by atoms with Crippen molar-refractivity contribution in [3.05, 3.63) is 58.7 Å². The number of hydrogen-bond donors (Lipinski definition) is 4. The van der Waals surface area contributed by atoms with Crippen LogP contribution >= 0.6 is 0 Å². The second kappa shape index (κ2) is 3.75. The maximum absolute atomic E-state index is 10.3. The highest BCUT2D eigenvalue weighted by Gasteiger charge is 2.50. The Hall–Kier alpha value is -2.04. The van der Waals surface area contributed by atoms with Crippen LogP contribution in [0.4, 0.5) is 0 Å². The Morgan fingerprint density at radius 1 is 0.650 bits per heavy atom. The van der Waals surface area contributed by atoms with Gasteiger partial charge in [-0.05, 0) is 23.3 Å². The highest BCUT2D eigenvalue weighted by atomic mass is 16.3. The van der Waals surface area contributed by atoms with Gasteiger partial charge in [0.2, 0.25) is 0 Å². The van der Waals surface area contributed by atoms with Crippen LogP contribution in [0.15, 0.2) is 36.4 Å². The van der Waals surface area contributed by atoms with E-state index >= 15 is 0 Å². The van der Waals surface area contributed by atoms with Crippen molar-refractivity contribution in [3.8, 4) is 11.5 Å². The summed E-state index contributed by atoms with van der Waals surface area (Å²) in [4.78, 5) is 0. The summed E-state index contributed by atoms with van der Waals surface area (Å²) < 4.78 is 0. The van der Waals surface area contributed by atoms with Crippen LogP contribution in [0.5, 0.6) is 11.5 Å². The van der Waals surface area contributed by atoms with E-state index in [1.54, 1.807) is 0 Å². The van der Waals surface area contributed by atoms with Gasteiger partial charge in [0.1, 0.15) is 11.5 Å². The summed E-state index contributed by atoms with van der Waals surface area (Å²) in [5.41, 5.74) is 2.88. The summed E-state index contributed by atoms with van der Waals surface area (Å²) in [6.07, 6.45) is -1.95. The number of aromatic hydroxyl groups is 2. The van der Waals surface area contributed by atoms with Gasteiger partial charge in [0.05, 0.1) is 12.2 Å². The van der Waals surface area contributed by atoms with Gasteiger partial charge in [0, 0.05) is 23.0 Å². The second-order valence-corrected chi connectivity index (χ2v) is 5.50. The van der Waals surface area contributed by atoms with Gasteiger partial charge in [-0.3, -0.25) is 0 Å². The summed E-state index contributed by atoms with van der Waals surface area (Å²) in [5, 5.41) is 40.9. The number of benzene rings is 2. The first-order valence-corrected chi connectivity index (χ1v) is 6.61. The lowest BCUT2D eigenvalue weighted by atomic mass is 9.60. The Kier molecular flexibility index (Phi) is 2.20. The molecule has 0 fully saturated rings. The minimum atomic E-state index is -0.977. The molecule has 102 valence electrons. The molecule has 0 radical (unpaired) electrons. The van der Waals surface area contributed by atoms with Crippen molar-refractivity contribution in [3.63, 3.8) is 0 Å². The number of aliphatic hydroxyl groups is 2. The molecule has 4 heteroatoms. The smallest absolute Gasteiger partial charge is 0.120 e. The predicted molar refractivity (Wildman–Crippen MR) is 71.9 cm³/mol. The van der Waals surface area contributed by atoms with Crippen LogP contribution < -0.4 is 0 Å². The number of phenols is 2. The summed E-state index contributed by atoms with van der Waals surface area (Å²) >= 11 is 0. The molecule has 0 spiro atoms. The molecule has 2 aromatic carbocycles. The molecule has 0 saturated carbocycles. The molecule has 0 aliphatic heterocycles. The van der Waals surface area contributed by atoms with Gasteiger partial charge < -0.3 is 20.4 Å². The van der Waals surface area contributed by atoms with Gasteiger partial charge in [0.15, 0.2) is 0 Å². The fourth-order valence-electron chi connectivity index (χ4n) is 3.76. The first-order chi connectivity index (χ1) is 9.61. The van der Waals surface area contributed by atoms with Crippen molar-refractivity contribution < 1.29 is 20.4 Å². The average molecular weight is 270 g/mol. The van der Waals surface area contributed by atoms with Crippen molar-refractivity contribution >= 4 is 0 Å². The van der Waals surface area contributed by atoms with Crippen LogP contribution in [0.25, 0.3) is 0 Å². The summed E-state index contributed by atoms with van der Waals surface area (Å²) in [5.74, 6) is -0.914. The monoisotopic (exact) mass is 270 g/mol. The van der Waals surface area contributed by atoms with E-state index in [4.69, 9.17) is 0 Å². The van der Waals surface area contributed by atoms with Gasteiger partial charge >= 0.3 is 0 Å². The van der Waals surface area contributed by atoms with Crippen molar-refractivity contribution in [1.82, 2.24) is 0 Å². The molecule has 3 aliphatic carbocycles. The first kappa shape index (κ1) is 11.8. The third-order valence-electron chi connectivity index (χ3n) is 4.56. The van der Waals surface area contributed by atoms with Crippen LogP contribution in [-0.2, 0) is 0 Å². The van der Waals surface area contributed by atoms with Gasteiger partial charge in [-0.2, -0.15) is 0 Å². The summed E-state index contributed by atoms with van der Waals surface area (Å²) in [7, 11) is 0. The molecule has 4 N–H and O–H groups in total. The zero-order valence-electron chi connectivity index (χ0n) is 10.6. The van der Waals surface area contributed by atoms with Crippen molar-refractivity contribution in [2.45, 2.75) is 24.0 Å². The van der Waals surface area contributed by atoms with E-state index in [2.05, 4.69) is 0 Å². The van der Waals surface area contributed by atoms with E-state index in [0.717, 1.165) is 11.1 Å². The van der Waals surface area contributed by atoms with Crippen LogP contribution in [0.3, 0.4) is 0 Å². The van der Waals surface area contributed by atoms with Crippen LogP contribution in [-0.4, -0.2) is 32.6 Å². The Balaban J connectivity index is 2.11. The fraction of sp³-hybridized carbons (Fsp3) is 0.250. The molecule has 4 nitrogen and oxygen atoms in total. The zero-order chi connectivity index (χ0) is 14.0. The molecule has 3 aliphatic rings. The molecule has 2 bridgehead atoms. The molecule has 0 unspecified atom stereocenters. The first-order valence-electron chi connectivity index (χ1n) is 6.61. The molecule has 0 heterocycles. The third-order valence-corrected chi connectivity index (χ3v) is 4.56. The lowest BCUT2D eigenvalue weighted by molar-refractivity contribution is -0.0165. The quantitative estimate of drug-likeness (QED) is 0.546. The number of fused-ring (bicyclic) bond motifs is 1. The van der Waals surface area contributed by atoms with E-state index in [0.29, 0.717) is 11.1 Å². The standard InChI is InChI=1S/C16H14O4/c17-9-5-6-10(18)14-12-8-4-2-1-3-7(8)11(13(9)14)15(19)16(12)20/h1-6,11-12,15-20H/t11-,12-,15+,16+/m1/s1. The van der Waals surface area contributed by atoms with Crippen molar-refractivity contribution in [2.24, 2.45) is 0 Å². The highest BCUT2D eigenvalue weighted by Crippen LogP contribution is 2.57. The molecule has 2 aromatic rings. The highest BCUT2D eigenvalue weighted by molar-refractivity contribution is 5.65. The van der Waals surface area contributed by atoms with Crippen molar-refractivity contribution in [1.29, 1.82) is 0 Å². The number of aliphatic hydroxyl groups excluding tert-OH is 2. The number of rotatable bonds is 0. The predicted octanol–water partition coefficient (Wildman–Crippen LogP) is 1.41. The Bertz CT molecular complexity index is 650. The van der Waals surface area contributed by atoms with E-state index in [1.165, 1.54) is 12.1 Å². The topological polar surface area (TPSA) is 80.9 Å². The Morgan fingerprint density at radius 3 is 1.45 bits per heavy atom. The van der Waals surface area contributed by atoms with Gasteiger partial charge in [-0.15, -0.1) is 0 Å². The van der Waals surface area contributed by atoms with E-state index < -0.39 is 24.0 Å². The number of hydrogen-bond acceptors (Lipinski definition) is 4. The van der Waals surface area contributed by atoms with Crippen molar-refractivity contribution in [2.75, 3.05) is 0 Å². The third kappa shape index (κ3) is 1.23. The normalized spacial score (nSPS) is 29.9. The van der Waals surface area contributed by atoms with Crippen LogP contribution in [0.2, 0.25) is 0 Å². The molecule has 0 amide bonds. The van der Waals surface area contributed by atoms with Gasteiger partial charge in [0.25, 0.3) is 0 Å². The van der Waals surface area contributed by atoms with Crippen LogP contribution in [0.1, 0.15) is 34.1 Å². The average Bonchev–Trinajstić information content (AvgIpc) is 2.46. The molecular weight excluding hydrogens is 256 g/mol. The largest absolute Gasteiger partial charge is 0.508 e. The lowest BCUT2D eigenvalue weighted by Crippen LogP contribution is -2.47. The number of phenolic OH excluding ortho intramolecular Hbond substituents is 2. The van der Waals surface area contributed by atoms with E-state index in [9.17, 15) is 20.4 Å². The van der Waals surface area contributed by atoms with Gasteiger partial charge in [-0.25, -0.2) is 0 Å². The lowest BCUT2D eigenvalue weighted by Gasteiger charge is -2.46. The maximum Gasteiger partial charge on any atom is 0.120 e. The molecular formula is C16H14O4. The molecule has 0 saturated heterocycles. The minimum absolute atomic E-state index is 0.0493. The fourth-order valence-corrected chi connectivity index (χ4v) is 3.76. The van der Waals surface area contributed by atoms with Crippen LogP contribution in [0, 0.1) is 0 Å². The molecule has 20 heavy (non-hydrogen) atoms. The van der Waals surface area contributed by atoms with E-state index in [-0.39, 0.29) is 11.5 Å². The minimum Gasteiger partial charge on any atom is -0.508 e. The zero-order valence-corrected chi connectivity index (χ0v) is 10.6. The molecule has 5 rings (SSSR count). The van der Waals surface area contributed by atoms with E-state index in [1.807, 2.05) is 24.3 Å². The SMILES string of the molecule is Oc1ccc(O)c2c1[C@H]1c3ccccc3[C@H]2[C@H](O)[C@H]1O. The molecule has 0 aromatic heterocycles.